The standard InChI is InChI=1S/C14H14O4S/c1-9-3-4-10(2)13(7-9)19(17,18)14-8-11(15)5-6-12(14)16/h3-8,15-16H,1-2H3. The first-order valence-electron chi connectivity index (χ1n) is 5.66. The lowest BCUT2D eigenvalue weighted by molar-refractivity contribution is 0.445. The molecular formula is C14H14O4S. The van der Waals surface area contributed by atoms with Gasteiger partial charge in [-0.15, -0.1) is 0 Å². The van der Waals surface area contributed by atoms with Crippen molar-refractivity contribution < 1.29 is 18.6 Å². The highest BCUT2D eigenvalue weighted by Crippen LogP contribution is 2.33. The average molecular weight is 278 g/mol. The molecule has 0 heterocycles. The molecule has 0 saturated carbocycles. The van der Waals surface area contributed by atoms with Crippen LogP contribution in [0.4, 0.5) is 0 Å². The second kappa shape index (κ2) is 4.59. The van der Waals surface area contributed by atoms with Gasteiger partial charge in [0, 0.05) is 6.07 Å². The molecule has 19 heavy (non-hydrogen) atoms. The number of hydrogen-bond donors (Lipinski definition) is 2. The molecule has 0 aliphatic heterocycles. The summed E-state index contributed by atoms with van der Waals surface area (Å²) in [6.07, 6.45) is 0. The molecule has 0 fully saturated rings. The van der Waals surface area contributed by atoms with Crippen LogP contribution in [0.1, 0.15) is 11.1 Å². The molecule has 0 aromatic heterocycles. The molecule has 0 amide bonds. The van der Waals surface area contributed by atoms with Gasteiger partial charge in [0.1, 0.15) is 16.4 Å². The molecule has 0 aliphatic rings. The van der Waals surface area contributed by atoms with Crippen LogP contribution in [0.5, 0.6) is 11.5 Å². The number of phenols is 2. The summed E-state index contributed by atoms with van der Waals surface area (Å²) in [7, 11) is -3.86. The van der Waals surface area contributed by atoms with Crippen molar-refractivity contribution in [2.24, 2.45) is 0 Å². The van der Waals surface area contributed by atoms with Gasteiger partial charge in [-0.3, -0.25) is 0 Å². The summed E-state index contributed by atoms with van der Waals surface area (Å²) in [5, 5.41) is 19.1. The normalized spacial score (nSPS) is 11.5. The van der Waals surface area contributed by atoms with E-state index in [2.05, 4.69) is 0 Å². The molecule has 2 aromatic carbocycles. The number of benzene rings is 2. The summed E-state index contributed by atoms with van der Waals surface area (Å²) >= 11 is 0. The summed E-state index contributed by atoms with van der Waals surface area (Å²) in [6.45, 7) is 3.48. The summed E-state index contributed by atoms with van der Waals surface area (Å²) in [4.78, 5) is -0.158. The SMILES string of the molecule is Cc1ccc(C)c(S(=O)(=O)c2cc(O)ccc2O)c1. The van der Waals surface area contributed by atoms with Crippen molar-refractivity contribution in [3.63, 3.8) is 0 Å². The Labute approximate surface area is 111 Å². The Morgan fingerprint density at radius 2 is 1.58 bits per heavy atom. The molecule has 4 nitrogen and oxygen atoms in total. The average Bonchev–Trinajstić information content (AvgIpc) is 2.35. The van der Waals surface area contributed by atoms with Crippen molar-refractivity contribution in [3.8, 4) is 11.5 Å². The summed E-state index contributed by atoms with van der Waals surface area (Å²) in [6, 6.07) is 8.52. The Bertz CT molecular complexity index is 676. The molecule has 0 aliphatic carbocycles. The Hall–Kier alpha value is -2.01. The zero-order chi connectivity index (χ0) is 14.2. The van der Waals surface area contributed by atoms with Gasteiger partial charge in [-0.05, 0) is 43.2 Å². The minimum absolute atomic E-state index is 0.133. The third-order valence-corrected chi connectivity index (χ3v) is 4.79. The lowest BCUT2D eigenvalue weighted by Crippen LogP contribution is -2.05. The fourth-order valence-corrected chi connectivity index (χ4v) is 3.52. The summed E-state index contributed by atoms with van der Waals surface area (Å²) < 4.78 is 25.0. The van der Waals surface area contributed by atoms with E-state index in [4.69, 9.17) is 0 Å². The molecule has 0 atom stereocenters. The molecular weight excluding hydrogens is 264 g/mol. The molecule has 2 aromatic rings. The zero-order valence-electron chi connectivity index (χ0n) is 10.6. The van der Waals surface area contributed by atoms with Gasteiger partial charge in [0.25, 0.3) is 0 Å². The topological polar surface area (TPSA) is 74.6 Å². The van der Waals surface area contributed by atoms with Crippen molar-refractivity contribution in [3.05, 3.63) is 47.5 Å². The van der Waals surface area contributed by atoms with E-state index in [1.54, 1.807) is 26.0 Å². The monoisotopic (exact) mass is 278 g/mol. The van der Waals surface area contributed by atoms with Crippen molar-refractivity contribution in [1.82, 2.24) is 0 Å². The van der Waals surface area contributed by atoms with Gasteiger partial charge in [0.2, 0.25) is 9.84 Å². The number of phenolic OH excluding ortho intramolecular Hbond substituents is 2. The largest absolute Gasteiger partial charge is 0.508 e. The Kier molecular flexibility index (Phi) is 3.24. The summed E-state index contributed by atoms with van der Waals surface area (Å²) in [5.74, 6) is -0.583. The lowest BCUT2D eigenvalue weighted by Gasteiger charge is -2.10. The number of sulfone groups is 1. The molecule has 2 N–H and O–H groups in total. The first kappa shape index (κ1) is 13.4. The van der Waals surface area contributed by atoms with Crippen LogP contribution in [0, 0.1) is 13.8 Å². The molecule has 0 saturated heterocycles. The van der Waals surface area contributed by atoms with E-state index < -0.39 is 9.84 Å². The van der Waals surface area contributed by atoms with Crippen LogP contribution in [0.15, 0.2) is 46.2 Å². The van der Waals surface area contributed by atoms with E-state index in [1.165, 1.54) is 6.07 Å². The van der Waals surface area contributed by atoms with Crippen LogP contribution in [0.2, 0.25) is 0 Å². The van der Waals surface area contributed by atoms with E-state index in [-0.39, 0.29) is 21.3 Å². The van der Waals surface area contributed by atoms with E-state index in [1.807, 2.05) is 6.07 Å². The quantitative estimate of drug-likeness (QED) is 0.828. The predicted octanol–water partition coefficient (Wildman–Crippen LogP) is 2.55. The van der Waals surface area contributed by atoms with Crippen LogP contribution in [0.3, 0.4) is 0 Å². The van der Waals surface area contributed by atoms with Crippen molar-refractivity contribution in [2.45, 2.75) is 23.6 Å². The number of rotatable bonds is 2. The van der Waals surface area contributed by atoms with E-state index in [9.17, 15) is 18.6 Å². The first-order chi connectivity index (χ1) is 8.82. The highest BCUT2D eigenvalue weighted by atomic mass is 32.2. The Balaban J connectivity index is 2.72. The molecule has 0 bridgehead atoms. The molecule has 0 spiro atoms. The fraction of sp³-hybridized carbons (Fsp3) is 0.143. The van der Waals surface area contributed by atoms with Gasteiger partial charge >= 0.3 is 0 Å². The third-order valence-electron chi connectivity index (χ3n) is 2.87. The molecule has 100 valence electrons. The second-order valence-electron chi connectivity index (χ2n) is 4.42. The van der Waals surface area contributed by atoms with Crippen LogP contribution in [-0.2, 0) is 9.84 Å². The number of aryl methyl sites for hydroxylation is 2. The maximum absolute atomic E-state index is 12.5. The van der Waals surface area contributed by atoms with Crippen molar-refractivity contribution in [1.29, 1.82) is 0 Å². The highest BCUT2D eigenvalue weighted by molar-refractivity contribution is 7.91. The van der Waals surface area contributed by atoms with Gasteiger partial charge < -0.3 is 10.2 Å². The Morgan fingerprint density at radius 3 is 2.26 bits per heavy atom. The second-order valence-corrected chi connectivity index (χ2v) is 6.31. The smallest absolute Gasteiger partial charge is 0.210 e. The van der Waals surface area contributed by atoms with E-state index in [0.29, 0.717) is 5.56 Å². The minimum Gasteiger partial charge on any atom is -0.508 e. The Morgan fingerprint density at radius 1 is 0.895 bits per heavy atom. The number of hydrogen-bond acceptors (Lipinski definition) is 4. The molecule has 2 rings (SSSR count). The maximum atomic E-state index is 12.5. The molecule has 0 unspecified atom stereocenters. The minimum atomic E-state index is -3.86. The van der Waals surface area contributed by atoms with Gasteiger partial charge in [0.05, 0.1) is 4.90 Å². The fourth-order valence-electron chi connectivity index (χ4n) is 1.83. The first-order valence-corrected chi connectivity index (χ1v) is 7.15. The molecule has 0 radical (unpaired) electrons. The van der Waals surface area contributed by atoms with Crippen LogP contribution in [-0.4, -0.2) is 18.6 Å². The zero-order valence-corrected chi connectivity index (χ0v) is 11.4. The predicted molar refractivity (Wildman–Crippen MR) is 71.1 cm³/mol. The van der Waals surface area contributed by atoms with Crippen LogP contribution >= 0.6 is 0 Å². The van der Waals surface area contributed by atoms with Crippen LogP contribution < -0.4 is 0 Å². The van der Waals surface area contributed by atoms with Crippen molar-refractivity contribution in [2.75, 3.05) is 0 Å². The van der Waals surface area contributed by atoms with E-state index in [0.717, 1.165) is 17.7 Å². The van der Waals surface area contributed by atoms with Crippen LogP contribution in [0.25, 0.3) is 0 Å². The number of aromatic hydroxyl groups is 2. The highest BCUT2D eigenvalue weighted by Gasteiger charge is 2.23. The third kappa shape index (κ3) is 2.42. The lowest BCUT2D eigenvalue weighted by atomic mass is 10.2. The molecule has 5 heteroatoms. The maximum Gasteiger partial charge on any atom is 0.210 e. The summed E-state index contributed by atoms with van der Waals surface area (Å²) in [5.41, 5.74) is 1.40. The van der Waals surface area contributed by atoms with Gasteiger partial charge in [-0.25, -0.2) is 8.42 Å². The van der Waals surface area contributed by atoms with Gasteiger partial charge in [-0.1, -0.05) is 12.1 Å². The van der Waals surface area contributed by atoms with Gasteiger partial charge in [-0.2, -0.15) is 0 Å². The van der Waals surface area contributed by atoms with Gasteiger partial charge in [0.15, 0.2) is 0 Å². The van der Waals surface area contributed by atoms with E-state index >= 15 is 0 Å². The van der Waals surface area contributed by atoms with Crippen molar-refractivity contribution >= 4 is 9.84 Å².